The molecule has 3 aliphatic rings. The second kappa shape index (κ2) is 4.81. The summed E-state index contributed by atoms with van der Waals surface area (Å²) in [5.74, 6) is 0.291. The van der Waals surface area contributed by atoms with Gasteiger partial charge in [-0.2, -0.15) is 5.10 Å². The molecule has 0 N–H and O–H groups in total. The Morgan fingerprint density at radius 1 is 1.09 bits per heavy atom. The standard InChI is InChI=1S/C15H19N5O3/c1-9-8-12(17(2)16-9)19-7-5-11(13(19)21)20-14(22)10-4-3-6-18(10)15(20)23/h8,10-11H,3-7H2,1-2H3/t10-,11?/m0/s1. The van der Waals surface area contributed by atoms with Gasteiger partial charge in [0.15, 0.2) is 0 Å². The van der Waals surface area contributed by atoms with Gasteiger partial charge in [0, 0.05) is 26.2 Å². The monoisotopic (exact) mass is 317 g/mol. The first kappa shape index (κ1) is 14.2. The zero-order valence-electron chi connectivity index (χ0n) is 13.2. The second-order valence-electron chi connectivity index (χ2n) is 6.40. The fraction of sp³-hybridized carbons (Fsp3) is 0.600. The van der Waals surface area contributed by atoms with Crippen LogP contribution in [-0.4, -0.2) is 62.6 Å². The van der Waals surface area contributed by atoms with Gasteiger partial charge >= 0.3 is 6.03 Å². The molecule has 3 aliphatic heterocycles. The van der Waals surface area contributed by atoms with E-state index in [0.29, 0.717) is 31.7 Å². The molecule has 1 aromatic rings. The maximum absolute atomic E-state index is 12.8. The summed E-state index contributed by atoms with van der Waals surface area (Å²) >= 11 is 0. The van der Waals surface area contributed by atoms with Crippen molar-refractivity contribution in [2.45, 2.75) is 38.3 Å². The van der Waals surface area contributed by atoms with E-state index in [0.717, 1.165) is 12.1 Å². The first-order chi connectivity index (χ1) is 11.0. The van der Waals surface area contributed by atoms with Gasteiger partial charge in [0.05, 0.1) is 5.69 Å². The Kier molecular flexibility index (Phi) is 2.97. The SMILES string of the molecule is Cc1cc(N2CCC(N3C(=O)[C@@H]4CCCN4C3=O)C2=O)n(C)n1. The highest BCUT2D eigenvalue weighted by atomic mass is 16.2. The molecule has 0 aromatic carbocycles. The summed E-state index contributed by atoms with van der Waals surface area (Å²) in [7, 11) is 1.78. The van der Waals surface area contributed by atoms with Crippen LogP contribution in [0.4, 0.5) is 10.6 Å². The van der Waals surface area contributed by atoms with Gasteiger partial charge in [0.2, 0.25) is 0 Å². The van der Waals surface area contributed by atoms with E-state index in [1.54, 1.807) is 21.5 Å². The van der Waals surface area contributed by atoms with Crippen LogP contribution in [0.15, 0.2) is 6.07 Å². The van der Waals surface area contributed by atoms with Crippen molar-refractivity contribution in [2.75, 3.05) is 18.0 Å². The molecule has 122 valence electrons. The number of hydrogen-bond acceptors (Lipinski definition) is 4. The van der Waals surface area contributed by atoms with E-state index in [1.165, 1.54) is 4.90 Å². The summed E-state index contributed by atoms with van der Waals surface area (Å²) in [6, 6.07) is 0.490. The van der Waals surface area contributed by atoms with Gasteiger partial charge in [-0.3, -0.25) is 19.2 Å². The number of carbonyl (C=O) groups excluding carboxylic acids is 3. The number of nitrogens with zero attached hydrogens (tertiary/aromatic N) is 5. The number of aromatic nitrogens is 2. The Hall–Kier alpha value is -2.38. The highest BCUT2D eigenvalue weighted by Gasteiger charge is 2.53. The highest BCUT2D eigenvalue weighted by molar-refractivity contribution is 6.10. The number of aryl methyl sites for hydroxylation is 2. The van der Waals surface area contributed by atoms with Crippen LogP contribution >= 0.6 is 0 Å². The number of rotatable bonds is 2. The topological polar surface area (TPSA) is 78.8 Å². The van der Waals surface area contributed by atoms with Gasteiger partial charge in [-0.05, 0) is 26.2 Å². The second-order valence-corrected chi connectivity index (χ2v) is 6.40. The molecule has 0 aliphatic carbocycles. The van der Waals surface area contributed by atoms with E-state index in [2.05, 4.69) is 5.10 Å². The predicted molar refractivity (Wildman–Crippen MR) is 80.7 cm³/mol. The molecule has 0 bridgehead atoms. The van der Waals surface area contributed by atoms with Gasteiger partial charge < -0.3 is 4.90 Å². The number of imide groups is 1. The fourth-order valence-corrected chi connectivity index (χ4v) is 3.91. The van der Waals surface area contributed by atoms with E-state index in [9.17, 15) is 14.4 Å². The van der Waals surface area contributed by atoms with Crippen molar-refractivity contribution in [3.05, 3.63) is 11.8 Å². The van der Waals surface area contributed by atoms with E-state index in [-0.39, 0.29) is 23.9 Å². The largest absolute Gasteiger partial charge is 0.328 e. The number of amides is 4. The van der Waals surface area contributed by atoms with Gasteiger partial charge in [0.1, 0.15) is 17.9 Å². The molecule has 4 rings (SSSR count). The highest BCUT2D eigenvalue weighted by Crippen LogP contribution is 2.32. The molecule has 1 unspecified atom stereocenters. The van der Waals surface area contributed by atoms with Crippen LogP contribution in [0.5, 0.6) is 0 Å². The van der Waals surface area contributed by atoms with E-state index in [1.807, 2.05) is 13.0 Å². The Bertz CT molecular complexity index is 690. The zero-order chi connectivity index (χ0) is 16.3. The van der Waals surface area contributed by atoms with Crippen LogP contribution in [0.25, 0.3) is 0 Å². The van der Waals surface area contributed by atoms with Crippen LogP contribution in [0.1, 0.15) is 25.0 Å². The molecule has 1 aromatic heterocycles. The smallest absolute Gasteiger partial charge is 0.312 e. The maximum Gasteiger partial charge on any atom is 0.328 e. The molecule has 8 nitrogen and oxygen atoms in total. The van der Waals surface area contributed by atoms with Crippen molar-refractivity contribution in [3.8, 4) is 0 Å². The minimum atomic E-state index is -0.684. The summed E-state index contributed by atoms with van der Waals surface area (Å²) in [6.45, 7) is 2.96. The van der Waals surface area contributed by atoms with Crippen molar-refractivity contribution in [2.24, 2.45) is 7.05 Å². The Labute approximate surface area is 133 Å². The van der Waals surface area contributed by atoms with Crippen LogP contribution in [-0.2, 0) is 16.6 Å². The maximum atomic E-state index is 12.8. The zero-order valence-corrected chi connectivity index (χ0v) is 13.2. The fourth-order valence-electron chi connectivity index (χ4n) is 3.91. The lowest BCUT2D eigenvalue weighted by molar-refractivity contribution is -0.133. The molecular formula is C15H19N5O3. The molecular weight excluding hydrogens is 298 g/mol. The number of hydrogen-bond donors (Lipinski definition) is 0. The summed E-state index contributed by atoms with van der Waals surface area (Å²) in [5, 5.41) is 4.26. The van der Waals surface area contributed by atoms with Crippen LogP contribution in [0, 0.1) is 6.92 Å². The third-order valence-corrected chi connectivity index (χ3v) is 4.97. The minimum Gasteiger partial charge on any atom is -0.312 e. The Balaban J connectivity index is 1.60. The number of urea groups is 1. The summed E-state index contributed by atoms with van der Waals surface area (Å²) < 4.78 is 1.65. The predicted octanol–water partition coefficient (Wildman–Crippen LogP) is 0.260. The molecule has 2 atom stereocenters. The van der Waals surface area contributed by atoms with Gasteiger partial charge in [0.25, 0.3) is 11.8 Å². The van der Waals surface area contributed by atoms with Gasteiger partial charge in [-0.1, -0.05) is 0 Å². The first-order valence-electron chi connectivity index (χ1n) is 7.94. The van der Waals surface area contributed by atoms with E-state index in [4.69, 9.17) is 0 Å². The molecule has 8 heteroatoms. The van der Waals surface area contributed by atoms with Crippen molar-refractivity contribution >= 4 is 23.7 Å². The molecule has 4 amide bonds. The molecule has 0 saturated carbocycles. The molecule has 0 spiro atoms. The van der Waals surface area contributed by atoms with Crippen molar-refractivity contribution in [1.29, 1.82) is 0 Å². The minimum absolute atomic E-state index is 0.198. The first-order valence-corrected chi connectivity index (χ1v) is 7.94. The summed E-state index contributed by atoms with van der Waals surface area (Å²) in [5.41, 5.74) is 0.827. The van der Waals surface area contributed by atoms with Gasteiger partial charge in [-0.15, -0.1) is 0 Å². The lowest BCUT2D eigenvalue weighted by Gasteiger charge is -2.22. The molecule has 4 heterocycles. The quantitative estimate of drug-likeness (QED) is 0.733. The summed E-state index contributed by atoms with van der Waals surface area (Å²) in [6.07, 6.45) is 2.03. The Morgan fingerprint density at radius 3 is 2.52 bits per heavy atom. The molecule has 3 fully saturated rings. The number of fused-ring (bicyclic) bond motifs is 1. The lowest BCUT2D eigenvalue weighted by Crippen LogP contribution is -2.46. The third kappa shape index (κ3) is 1.90. The Morgan fingerprint density at radius 2 is 1.87 bits per heavy atom. The normalized spacial score (nSPS) is 27.6. The summed E-state index contributed by atoms with van der Waals surface area (Å²) in [4.78, 5) is 42.2. The average molecular weight is 317 g/mol. The molecule has 0 radical (unpaired) electrons. The van der Waals surface area contributed by atoms with Gasteiger partial charge in [-0.25, -0.2) is 9.69 Å². The van der Waals surface area contributed by atoms with E-state index >= 15 is 0 Å². The average Bonchev–Trinajstić information content (AvgIpc) is 3.22. The number of carbonyl (C=O) groups is 3. The van der Waals surface area contributed by atoms with Crippen molar-refractivity contribution in [1.82, 2.24) is 19.6 Å². The van der Waals surface area contributed by atoms with Crippen LogP contribution in [0.3, 0.4) is 0 Å². The van der Waals surface area contributed by atoms with E-state index < -0.39 is 6.04 Å². The van der Waals surface area contributed by atoms with Crippen LogP contribution < -0.4 is 4.90 Å². The number of anilines is 1. The van der Waals surface area contributed by atoms with Crippen molar-refractivity contribution in [3.63, 3.8) is 0 Å². The lowest BCUT2D eigenvalue weighted by atomic mass is 10.1. The molecule has 23 heavy (non-hydrogen) atoms. The third-order valence-electron chi connectivity index (χ3n) is 4.97. The van der Waals surface area contributed by atoms with Crippen molar-refractivity contribution < 1.29 is 14.4 Å². The van der Waals surface area contributed by atoms with Crippen LogP contribution in [0.2, 0.25) is 0 Å². The molecule has 3 saturated heterocycles.